The fourth-order valence-electron chi connectivity index (χ4n) is 16.4. The Morgan fingerprint density at radius 3 is 1.84 bits per heavy atom. The zero-order valence-corrected chi connectivity index (χ0v) is 70.7. The van der Waals surface area contributed by atoms with Gasteiger partial charge in [-0.1, -0.05) is 106 Å². The molecule has 678 valence electrons. The highest BCUT2D eigenvalue weighted by atomic mass is 35.5. The number of aromatic hydroxyl groups is 4. The molecule has 0 unspecified atom stereocenters. The number of nitrogens with zero attached hydrogens (tertiary/aromatic N) is 2. The van der Waals surface area contributed by atoms with Gasteiger partial charge in [-0.25, -0.2) is 0 Å². The van der Waals surface area contributed by atoms with Crippen molar-refractivity contribution >= 4 is 70.5 Å². The number of amides is 8. The molecule has 17 bridgehead atoms. The minimum atomic E-state index is -2.40. The second-order valence-electron chi connectivity index (χ2n) is 32.8. The molecular weight excluding hydrogens is 1700 g/mol. The summed E-state index contributed by atoms with van der Waals surface area (Å²) in [6, 6.07) is 6.85. The molecule has 7 aromatic rings. The number of halogens is 2. The van der Waals surface area contributed by atoms with Gasteiger partial charge in [0.05, 0.1) is 23.3 Å². The number of nitrogens with one attached hydrogen (secondary N) is 8. The number of hydrogen-bond donors (Lipinski definition) is 20. The van der Waals surface area contributed by atoms with Gasteiger partial charge in [0.1, 0.15) is 137 Å². The quantitative estimate of drug-likeness (QED) is 0.0543. The monoisotopic (exact) mass is 1800 g/mol. The maximum absolute atomic E-state index is 16.9. The first-order valence-corrected chi connectivity index (χ1v) is 42.4. The van der Waals surface area contributed by atoms with Crippen LogP contribution in [0.3, 0.4) is 0 Å². The minimum Gasteiger partial charge on any atom is -0.508 e. The highest BCUT2D eigenvalue weighted by molar-refractivity contribution is 6.33. The maximum Gasteiger partial charge on any atom is 0.249 e. The number of aliphatic hydroxyl groups is 8. The number of phenols is 4. The Kier molecular flexibility index (Phi) is 28.5. The lowest BCUT2D eigenvalue weighted by molar-refractivity contribution is -0.277. The largest absolute Gasteiger partial charge is 0.508 e. The standard InChI is InChI=1S/C88H100Cl2N10O27/c1-39(2)11-9-7-5-6-8-10-12-63(107)93-72-76(111)74(109)61(37-101)125-87(72)127-79-59-31-44-32-60(79)123-56-22-17-43(29-51(56)89)73(108)71-85(119)97-70(86(120)100-25-23-99(4)24-26-100)49-33-45(103)34-58(124-88-78(113)77(112)75(110)62(38-102)126-88)64(49)48-28-41(15-20-53(48)104)67(82(116)98-71)94-83(117)68(44)95-84(118)69-50-35-47(36-55(106)65(50)90)122-57-30-42(16-21-54(57)105)66(91-3)81(115)92-52(80(114)96-69)27-40-13-18-46(121-59)19-14-40/h13-22,28-36,39,52,61-62,66-78,87-88,91,101-106,108-113H,5-12,23-27,37-38H2,1-4H3,(H,92,115)(H,93,107)(H,94,117)(H,95,118)(H,96,114)(H,97,119)(H,98,116)/t52-,61-,62-,66-,67-,68-,69+,70-,71+,72-,73-,74-,75-,76-,77+,78+,87+,88+/m1/s1. The van der Waals surface area contributed by atoms with Crippen molar-refractivity contribution in [3.8, 4) is 80.1 Å². The molecule has 9 heterocycles. The van der Waals surface area contributed by atoms with Crippen LogP contribution in [0.15, 0.2) is 115 Å². The smallest absolute Gasteiger partial charge is 0.249 e. The lowest BCUT2D eigenvalue weighted by Crippen LogP contribution is -2.65. The van der Waals surface area contributed by atoms with E-state index in [-0.39, 0.29) is 65.6 Å². The Labute approximate surface area is 737 Å². The molecule has 0 spiro atoms. The number of hydrogen-bond acceptors (Lipinski definition) is 29. The van der Waals surface area contributed by atoms with Crippen molar-refractivity contribution in [1.82, 2.24) is 52.3 Å². The van der Waals surface area contributed by atoms with Crippen LogP contribution in [-0.2, 0) is 54.3 Å². The highest BCUT2D eigenvalue weighted by Gasteiger charge is 2.50. The number of benzene rings is 7. The van der Waals surface area contributed by atoms with E-state index >= 15 is 28.8 Å². The number of phenolic OH excluding ortho intramolecular Hbond substituents is 4. The van der Waals surface area contributed by atoms with Crippen molar-refractivity contribution in [2.75, 3.05) is 53.5 Å². The molecule has 7 aromatic carbocycles. The van der Waals surface area contributed by atoms with Crippen LogP contribution in [0, 0.1) is 5.92 Å². The number of likely N-dealkylation sites (N-methyl/N-ethyl adjacent to an activating group) is 2. The van der Waals surface area contributed by atoms with Crippen LogP contribution in [0.4, 0.5) is 0 Å². The molecule has 127 heavy (non-hydrogen) atoms. The topological polar surface area (TPSA) is 547 Å². The number of carbonyl (C=O) groups excluding carboxylic acids is 8. The van der Waals surface area contributed by atoms with Gasteiger partial charge >= 0.3 is 0 Å². The van der Waals surface area contributed by atoms with Crippen LogP contribution in [-0.4, -0.2) is 245 Å². The number of ether oxygens (including phenoxy) is 7. The van der Waals surface area contributed by atoms with Gasteiger partial charge in [-0.15, -0.1) is 0 Å². The van der Waals surface area contributed by atoms with Crippen LogP contribution in [0.2, 0.25) is 10.0 Å². The van der Waals surface area contributed by atoms with Crippen molar-refractivity contribution in [3.05, 3.63) is 164 Å². The summed E-state index contributed by atoms with van der Waals surface area (Å²) in [7, 11) is 3.24. The molecule has 18 atom stereocenters. The predicted octanol–water partition coefficient (Wildman–Crippen LogP) is 3.78. The summed E-state index contributed by atoms with van der Waals surface area (Å²) >= 11 is 14.4. The molecule has 0 aromatic heterocycles. The summed E-state index contributed by atoms with van der Waals surface area (Å²) < 4.78 is 45.1. The van der Waals surface area contributed by atoms with E-state index in [2.05, 4.69) is 56.4 Å². The van der Waals surface area contributed by atoms with E-state index in [1.807, 2.05) is 4.90 Å². The summed E-state index contributed by atoms with van der Waals surface area (Å²) in [4.78, 5) is 129. The zero-order valence-electron chi connectivity index (χ0n) is 69.2. The van der Waals surface area contributed by atoms with Crippen molar-refractivity contribution in [2.45, 2.75) is 181 Å². The summed E-state index contributed by atoms with van der Waals surface area (Å²) in [5.74, 6) is -14.6. The average Bonchev–Trinajstić information content (AvgIpc) is 0.754. The molecule has 16 rings (SSSR count). The number of unbranched alkanes of at least 4 members (excludes halogenated alkanes) is 5. The molecule has 0 aliphatic carbocycles. The molecule has 3 fully saturated rings. The van der Waals surface area contributed by atoms with E-state index < -0.39 is 254 Å². The van der Waals surface area contributed by atoms with Gasteiger partial charge in [-0.05, 0) is 133 Å². The number of fused-ring (bicyclic) bond motifs is 14. The van der Waals surface area contributed by atoms with Crippen LogP contribution in [0.5, 0.6) is 69.0 Å². The molecular formula is C88H100Cl2N10O27. The minimum absolute atomic E-state index is 0.0280. The third-order valence-electron chi connectivity index (χ3n) is 23.5. The number of piperazine rings is 1. The first-order valence-electron chi connectivity index (χ1n) is 41.6. The summed E-state index contributed by atoms with van der Waals surface area (Å²) in [5, 5.41) is 160. The van der Waals surface area contributed by atoms with Gasteiger partial charge in [-0.2, -0.15) is 0 Å². The van der Waals surface area contributed by atoms with Gasteiger partial charge in [0, 0.05) is 67.8 Å². The van der Waals surface area contributed by atoms with Crippen LogP contribution in [0.25, 0.3) is 11.1 Å². The van der Waals surface area contributed by atoms with Crippen LogP contribution < -0.4 is 66.2 Å². The van der Waals surface area contributed by atoms with E-state index in [0.29, 0.717) is 37.4 Å². The highest BCUT2D eigenvalue weighted by Crippen LogP contribution is 2.51. The molecule has 3 saturated heterocycles. The normalized spacial score (nSPS) is 26.9. The van der Waals surface area contributed by atoms with Gasteiger partial charge in [-0.3, -0.25) is 38.4 Å². The summed E-state index contributed by atoms with van der Waals surface area (Å²) in [6.45, 7) is 3.04. The van der Waals surface area contributed by atoms with E-state index in [1.54, 1.807) is 7.05 Å². The maximum atomic E-state index is 16.9. The van der Waals surface area contributed by atoms with Crippen LogP contribution >= 0.6 is 23.2 Å². The molecule has 37 nitrogen and oxygen atoms in total. The second kappa shape index (κ2) is 39.5. The number of rotatable bonds is 18. The lowest BCUT2D eigenvalue weighted by Gasteiger charge is -2.42. The molecule has 9 aliphatic heterocycles. The molecule has 0 radical (unpaired) electrons. The fraction of sp³-hybridized carbons (Fsp3) is 0.432. The Morgan fingerprint density at radius 1 is 0.535 bits per heavy atom. The Bertz CT molecular complexity index is 5300. The number of carbonyl (C=O) groups is 8. The first-order chi connectivity index (χ1) is 60.8. The fourth-order valence-corrected chi connectivity index (χ4v) is 16.9. The van der Waals surface area contributed by atoms with Crippen molar-refractivity contribution in [3.63, 3.8) is 0 Å². The van der Waals surface area contributed by atoms with Gasteiger partial charge < -0.3 is 147 Å². The number of aliphatic hydroxyl groups excluding tert-OH is 8. The molecule has 8 amide bonds. The second-order valence-corrected chi connectivity index (χ2v) is 33.6. The third-order valence-corrected chi connectivity index (χ3v) is 24.2. The summed E-state index contributed by atoms with van der Waals surface area (Å²) in [5.41, 5.74) is -2.32. The first kappa shape index (κ1) is 91.8. The van der Waals surface area contributed by atoms with Gasteiger partial charge in [0.25, 0.3) is 0 Å². The third kappa shape index (κ3) is 20.1. The lowest BCUT2D eigenvalue weighted by atomic mass is 9.89. The van der Waals surface area contributed by atoms with Crippen LogP contribution in [0.1, 0.15) is 140 Å². The Hall–Kier alpha value is -11.4. The molecule has 39 heteroatoms. The SMILES string of the molecule is CN[C@H]1C(=O)N[C@@H]2Cc3ccc(cc3)Oc3cc4cc(c3O[C@@H]3O[C@H](CO)[C@@H](O)[C@H](O)[C@H]3NC(=O)CCCCCCCCC(C)C)Oc3ccc(cc3Cl)[C@@H](O)[C@@H]3NC(=O)[C@H](NC(=O)[C@@H]4NC(=O)[C@@H](NC2=O)c2cc(cc(O)c2Cl)Oc2cc1ccc2O)c1ccc(O)c(c1)-c1c(O[C@H]2O[C@H](CO)[C@@H](O)[C@H](O)[C@@H]2O)cc(O)cc1[C@H](C(=O)N1CCN(C)CC1)NC3=O. The summed E-state index contributed by atoms with van der Waals surface area (Å²) in [6.07, 6.45) is -14.1. The predicted molar refractivity (Wildman–Crippen MR) is 449 cm³/mol. The Morgan fingerprint density at radius 2 is 1.15 bits per heavy atom. The molecule has 0 saturated carbocycles. The van der Waals surface area contributed by atoms with Crippen molar-refractivity contribution < 1.29 is 133 Å². The molecule has 9 aliphatic rings. The van der Waals surface area contributed by atoms with E-state index in [4.69, 9.17) is 56.4 Å². The van der Waals surface area contributed by atoms with Gasteiger partial charge in [0.15, 0.2) is 23.0 Å². The van der Waals surface area contributed by atoms with E-state index in [0.717, 1.165) is 92.8 Å². The van der Waals surface area contributed by atoms with Gasteiger partial charge in [0.2, 0.25) is 65.6 Å². The molecule has 20 N–H and O–H groups in total. The van der Waals surface area contributed by atoms with E-state index in [9.17, 15) is 70.9 Å². The van der Waals surface area contributed by atoms with Crippen molar-refractivity contribution in [2.24, 2.45) is 5.92 Å². The zero-order chi connectivity index (χ0) is 90.7. The van der Waals surface area contributed by atoms with E-state index in [1.165, 1.54) is 66.5 Å². The average molecular weight is 1800 g/mol. The Balaban J connectivity index is 0.988. The van der Waals surface area contributed by atoms with Crippen molar-refractivity contribution in [1.29, 1.82) is 0 Å².